The predicted molar refractivity (Wildman–Crippen MR) is 103 cm³/mol. The van der Waals surface area contributed by atoms with E-state index in [-0.39, 0.29) is 18.1 Å². The van der Waals surface area contributed by atoms with Crippen LogP contribution in [0.15, 0.2) is 42.5 Å². The minimum Gasteiger partial charge on any atom is -0.496 e. The molecule has 5 nitrogen and oxygen atoms in total. The summed E-state index contributed by atoms with van der Waals surface area (Å²) in [6.45, 7) is 2.02. The monoisotopic (exact) mass is 368 g/mol. The van der Waals surface area contributed by atoms with E-state index in [9.17, 15) is 9.59 Å². The second-order valence-electron chi connectivity index (χ2n) is 5.93. The van der Waals surface area contributed by atoms with Crippen molar-refractivity contribution in [3.8, 4) is 5.75 Å². The summed E-state index contributed by atoms with van der Waals surface area (Å²) in [5.74, 6) is 0.464. The van der Waals surface area contributed by atoms with Crippen LogP contribution < -0.4 is 10.1 Å². The molecule has 1 heterocycles. The third-order valence-electron chi connectivity index (χ3n) is 4.04. The highest BCUT2D eigenvalue weighted by atomic mass is 32.1. The van der Waals surface area contributed by atoms with Crippen LogP contribution in [0, 0.1) is 0 Å². The van der Waals surface area contributed by atoms with Gasteiger partial charge in [-0.2, -0.15) is 0 Å². The lowest BCUT2D eigenvalue weighted by atomic mass is 10.0. The van der Waals surface area contributed by atoms with E-state index in [1.807, 2.05) is 24.3 Å². The molecule has 1 aromatic heterocycles. The molecule has 6 heteroatoms. The lowest BCUT2D eigenvalue weighted by molar-refractivity contribution is -0.120. The van der Waals surface area contributed by atoms with Crippen molar-refractivity contribution in [2.24, 2.45) is 0 Å². The van der Waals surface area contributed by atoms with E-state index in [0.717, 1.165) is 15.2 Å². The van der Waals surface area contributed by atoms with Crippen LogP contribution in [0.1, 0.15) is 27.9 Å². The van der Waals surface area contributed by atoms with Gasteiger partial charge in [0.2, 0.25) is 5.91 Å². The van der Waals surface area contributed by atoms with E-state index in [2.05, 4.69) is 10.3 Å². The van der Waals surface area contributed by atoms with Crippen LogP contribution >= 0.6 is 11.3 Å². The zero-order valence-corrected chi connectivity index (χ0v) is 15.6. The highest BCUT2D eigenvalue weighted by molar-refractivity contribution is 7.18. The number of nitrogens with zero attached hydrogens (tertiary/aromatic N) is 1. The molecule has 0 saturated carbocycles. The third kappa shape index (κ3) is 4.26. The maximum atomic E-state index is 12.3. The molecule has 0 aliphatic heterocycles. The number of hydrogen-bond donors (Lipinski definition) is 1. The third-order valence-corrected chi connectivity index (χ3v) is 5.13. The minimum atomic E-state index is -0.106. The Morgan fingerprint density at radius 3 is 2.73 bits per heavy atom. The fraction of sp³-hybridized carbons (Fsp3) is 0.250. The lowest BCUT2D eigenvalue weighted by Crippen LogP contribution is -2.27. The number of Topliss-reactive ketones (excluding diaryl/α,β-unsaturated/α-hetero) is 1. The van der Waals surface area contributed by atoms with Crippen molar-refractivity contribution in [3.05, 3.63) is 58.6 Å². The highest BCUT2D eigenvalue weighted by Crippen LogP contribution is 2.22. The van der Waals surface area contributed by atoms with Gasteiger partial charge in [0.25, 0.3) is 0 Å². The zero-order valence-electron chi connectivity index (χ0n) is 14.7. The number of fused-ring (bicyclic) bond motifs is 1. The summed E-state index contributed by atoms with van der Waals surface area (Å²) in [6.07, 6.45) is 0.861. The lowest BCUT2D eigenvalue weighted by Gasteiger charge is -2.10. The van der Waals surface area contributed by atoms with Gasteiger partial charge in [-0.15, -0.1) is 11.3 Å². The van der Waals surface area contributed by atoms with Gasteiger partial charge >= 0.3 is 0 Å². The molecule has 0 unspecified atom stereocenters. The number of methoxy groups -OCH3 is 1. The first-order valence-electron chi connectivity index (χ1n) is 8.36. The van der Waals surface area contributed by atoms with E-state index in [1.54, 1.807) is 36.6 Å². The number of ether oxygens (including phenoxy) is 1. The number of rotatable bonds is 7. The number of nitrogens with one attached hydrogen (secondary N) is 1. The van der Waals surface area contributed by atoms with Gasteiger partial charge in [-0.1, -0.05) is 12.1 Å². The number of carbonyl (C=O) groups excluding carboxylic acids is 2. The maximum absolute atomic E-state index is 12.3. The Morgan fingerprint density at radius 1 is 1.19 bits per heavy atom. The Balaban J connectivity index is 1.58. The molecule has 3 rings (SSSR count). The van der Waals surface area contributed by atoms with Gasteiger partial charge in [-0.25, -0.2) is 4.98 Å². The van der Waals surface area contributed by atoms with Crippen molar-refractivity contribution >= 4 is 33.2 Å². The van der Waals surface area contributed by atoms with Gasteiger partial charge in [-0.3, -0.25) is 9.59 Å². The quantitative estimate of drug-likeness (QED) is 0.649. The average Bonchev–Trinajstić information content (AvgIpc) is 3.04. The van der Waals surface area contributed by atoms with Crippen molar-refractivity contribution < 1.29 is 14.3 Å². The van der Waals surface area contributed by atoms with Crippen molar-refractivity contribution in [1.29, 1.82) is 0 Å². The summed E-state index contributed by atoms with van der Waals surface area (Å²) in [4.78, 5) is 28.4. The molecule has 134 valence electrons. The fourth-order valence-electron chi connectivity index (χ4n) is 2.71. The van der Waals surface area contributed by atoms with Crippen molar-refractivity contribution in [3.63, 3.8) is 0 Å². The number of thiazole rings is 1. The maximum Gasteiger partial charge on any atom is 0.224 e. The summed E-state index contributed by atoms with van der Waals surface area (Å²) in [5, 5.41) is 3.91. The highest BCUT2D eigenvalue weighted by Gasteiger charge is 2.12. The van der Waals surface area contributed by atoms with E-state index in [1.165, 1.54) is 6.92 Å². The first kappa shape index (κ1) is 18.1. The normalized spacial score (nSPS) is 10.7. The molecule has 1 N–H and O–H groups in total. The number of ketones is 1. The molecule has 0 bridgehead atoms. The Bertz CT molecular complexity index is 916. The second kappa shape index (κ2) is 8.10. The summed E-state index contributed by atoms with van der Waals surface area (Å²) >= 11 is 1.64. The standard InChI is InChI=1S/C20H20N2O3S/c1-13(23)14-7-8-17(25-2)15(11-14)12-19(24)21-10-9-20-22-16-5-3-4-6-18(16)26-20/h3-8,11H,9-10,12H2,1-2H3,(H,21,24). The SMILES string of the molecule is COc1ccc(C(C)=O)cc1CC(=O)NCCc1nc2ccccc2s1. The van der Waals surface area contributed by atoms with E-state index in [4.69, 9.17) is 4.74 Å². The molecule has 0 atom stereocenters. The van der Waals surface area contributed by atoms with E-state index < -0.39 is 0 Å². The van der Waals surface area contributed by atoms with E-state index >= 15 is 0 Å². The molecule has 1 amide bonds. The fourth-order valence-corrected chi connectivity index (χ4v) is 3.67. The van der Waals surface area contributed by atoms with Crippen LogP contribution in [0.25, 0.3) is 10.2 Å². The summed E-state index contributed by atoms with van der Waals surface area (Å²) in [5.41, 5.74) is 2.27. The number of amides is 1. The van der Waals surface area contributed by atoms with Crippen LogP contribution in [0.2, 0.25) is 0 Å². The number of aromatic nitrogens is 1. The van der Waals surface area contributed by atoms with Crippen LogP contribution in [0.3, 0.4) is 0 Å². The molecule has 3 aromatic rings. The number of carbonyl (C=O) groups is 2. The topological polar surface area (TPSA) is 68.3 Å². The zero-order chi connectivity index (χ0) is 18.5. The molecule has 0 spiro atoms. The number of para-hydroxylation sites is 1. The molecule has 0 aliphatic rings. The average molecular weight is 368 g/mol. The van der Waals surface area contributed by atoms with Gasteiger partial charge in [0, 0.05) is 24.1 Å². The van der Waals surface area contributed by atoms with Crippen LogP contribution in [-0.4, -0.2) is 30.3 Å². The van der Waals surface area contributed by atoms with Gasteiger partial charge in [0.05, 0.1) is 28.8 Å². The largest absolute Gasteiger partial charge is 0.496 e. The van der Waals surface area contributed by atoms with Gasteiger partial charge in [0.1, 0.15) is 5.75 Å². The molecule has 0 aliphatic carbocycles. The van der Waals surface area contributed by atoms with Crippen LogP contribution in [0.5, 0.6) is 5.75 Å². The molecule has 2 aromatic carbocycles. The minimum absolute atomic E-state index is 0.0369. The second-order valence-corrected chi connectivity index (χ2v) is 7.05. The van der Waals surface area contributed by atoms with Crippen LogP contribution in [0.4, 0.5) is 0 Å². The first-order chi connectivity index (χ1) is 12.6. The van der Waals surface area contributed by atoms with Gasteiger partial charge in [-0.05, 0) is 37.3 Å². The van der Waals surface area contributed by atoms with Crippen molar-refractivity contribution in [1.82, 2.24) is 10.3 Å². The summed E-state index contributed by atoms with van der Waals surface area (Å²) in [7, 11) is 1.55. The molecule has 0 fully saturated rings. The van der Waals surface area contributed by atoms with Gasteiger partial charge in [0.15, 0.2) is 5.78 Å². The molecular weight excluding hydrogens is 348 g/mol. The molecule has 26 heavy (non-hydrogen) atoms. The van der Waals surface area contributed by atoms with Crippen LogP contribution in [-0.2, 0) is 17.6 Å². The Kier molecular flexibility index (Phi) is 5.63. The summed E-state index contributed by atoms with van der Waals surface area (Å²) < 4.78 is 6.44. The van der Waals surface area contributed by atoms with Crippen molar-refractivity contribution in [2.45, 2.75) is 19.8 Å². The van der Waals surface area contributed by atoms with Gasteiger partial charge < -0.3 is 10.1 Å². The van der Waals surface area contributed by atoms with Crippen molar-refractivity contribution in [2.75, 3.05) is 13.7 Å². The summed E-state index contributed by atoms with van der Waals surface area (Å²) in [6, 6.07) is 13.1. The Labute approximate surface area is 156 Å². The smallest absolute Gasteiger partial charge is 0.224 e. The molecule has 0 radical (unpaired) electrons. The Morgan fingerprint density at radius 2 is 2.00 bits per heavy atom. The molecular formula is C20H20N2O3S. The number of benzene rings is 2. The molecule has 0 saturated heterocycles. The number of hydrogen-bond acceptors (Lipinski definition) is 5. The first-order valence-corrected chi connectivity index (χ1v) is 9.17. The van der Waals surface area contributed by atoms with E-state index in [0.29, 0.717) is 29.8 Å². The predicted octanol–water partition coefficient (Wildman–Crippen LogP) is 3.41. The Hall–Kier alpha value is -2.73.